The second-order valence-electron chi connectivity index (χ2n) is 3.88. The smallest absolute Gasteiger partial charge is 0.246 e. The van der Waals surface area contributed by atoms with E-state index in [1.54, 1.807) is 19.1 Å². The van der Waals surface area contributed by atoms with Crippen molar-refractivity contribution in [1.82, 2.24) is 5.32 Å². The molecule has 2 amide bonds. The molecule has 1 atom stereocenters. The van der Waals surface area contributed by atoms with E-state index < -0.39 is 6.04 Å². The summed E-state index contributed by atoms with van der Waals surface area (Å²) in [7, 11) is 0. The number of amides is 2. The zero-order valence-corrected chi connectivity index (χ0v) is 10.8. The molecule has 0 radical (unpaired) electrons. The number of carbonyl (C=O) groups excluding carboxylic acids is 2. The Morgan fingerprint density at radius 2 is 2.00 bits per heavy atom. The van der Waals surface area contributed by atoms with Crippen LogP contribution in [0.4, 0.5) is 5.69 Å². The van der Waals surface area contributed by atoms with Crippen LogP contribution in [0.3, 0.4) is 0 Å². The maximum atomic E-state index is 11.7. The van der Waals surface area contributed by atoms with Gasteiger partial charge in [-0.1, -0.05) is 17.7 Å². The molecule has 0 aliphatic rings. The van der Waals surface area contributed by atoms with Crippen LogP contribution >= 0.6 is 11.6 Å². The Balaban J connectivity index is 2.67. The van der Waals surface area contributed by atoms with Gasteiger partial charge in [-0.25, -0.2) is 0 Å². The summed E-state index contributed by atoms with van der Waals surface area (Å²) in [6.07, 6.45) is 0. The van der Waals surface area contributed by atoms with E-state index in [-0.39, 0.29) is 11.8 Å². The highest BCUT2D eigenvalue weighted by molar-refractivity contribution is 6.31. The first-order valence-electron chi connectivity index (χ1n) is 5.24. The van der Waals surface area contributed by atoms with E-state index in [9.17, 15) is 9.59 Å². The number of nitrogens with one attached hydrogen (secondary N) is 2. The molecular formula is C12H15ClN2O2. The lowest BCUT2D eigenvalue weighted by Gasteiger charge is -2.13. The molecule has 0 heterocycles. The summed E-state index contributed by atoms with van der Waals surface area (Å²) in [5.41, 5.74) is 1.56. The zero-order valence-electron chi connectivity index (χ0n) is 10.0. The minimum atomic E-state index is -0.576. The number of halogens is 1. The molecule has 1 unspecified atom stereocenters. The first-order chi connectivity index (χ1) is 7.90. The van der Waals surface area contributed by atoms with Crippen molar-refractivity contribution in [2.24, 2.45) is 0 Å². The average Bonchev–Trinajstić information content (AvgIpc) is 2.22. The standard InChI is InChI=1S/C12H15ClN2O2/c1-7-4-5-10(6-11(7)13)15-12(17)8(2)14-9(3)16/h4-6,8H,1-3H3,(H,14,16)(H,15,17). The Morgan fingerprint density at radius 3 is 2.53 bits per heavy atom. The van der Waals surface area contributed by atoms with Crippen molar-refractivity contribution in [2.75, 3.05) is 5.32 Å². The lowest BCUT2D eigenvalue weighted by atomic mass is 10.2. The predicted molar refractivity (Wildman–Crippen MR) is 68.1 cm³/mol. The minimum absolute atomic E-state index is 0.241. The van der Waals surface area contributed by atoms with E-state index >= 15 is 0 Å². The summed E-state index contributed by atoms with van der Waals surface area (Å²) < 4.78 is 0. The number of carbonyl (C=O) groups is 2. The molecule has 0 spiro atoms. The third-order valence-corrected chi connectivity index (χ3v) is 2.66. The Kier molecular flexibility index (Phi) is 4.52. The van der Waals surface area contributed by atoms with Gasteiger partial charge in [0.15, 0.2) is 0 Å². The molecule has 1 aromatic carbocycles. The molecule has 17 heavy (non-hydrogen) atoms. The van der Waals surface area contributed by atoms with E-state index in [1.807, 2.05) is 13.0 Å². The highest BCUT2D eigenvalue weighted by Crippen LogP contribution is 2.19. The third kappa shape index (κ3) is 4.07. The van der Waals surface area contributed by atoms with Crippen molar-refractivity contribution in [3.05, 3.63) is 28.8 Å². The number of benzene rings is 1. The number of rotatable bonds is 3. The Morgan fingerprint density at radius 1 is 1.35 bits per heavy atom. The Labute approximate surface area is 105 Å². The van der Waals surface area contributed by atoms with E-state index in [4.69, 9.17) is 11.6 Å². The monoisotopic (exact) mass is 254 g/mol. The molecule has 0 fully saturated rings. The lowest BCUT2D eigenvalue weighted by molar-refractivity contribution is -0.124. The van der Waals surface area contributed by atoms with Crippen LogP contribution in [0.2, 0.25) is 5.02 Å². The van der Waals surface area contributed by atoms with Gasteiger partial charge in [0.05, 0.1) is 0 Å². The van der Waals surface area contributed by atoms with Gasteiger partial charge in [0.2, 0.25) is 11.8 Å². The molecule has 1 rings (SSSR count). The van der Waals surface area contributed by atoms with Gasteiger partial charge in [-0.3, -0.25) is 9.59 Å². The first-order valence-corrected chi connectivity index (χ1v) is 5.62. The van der Waals surface area contributed by atoms with Crippen LogP contribution < -0.4 is 10.6 Å². The molecule has 0 aromatic heterocycles. The molecule has 4 nitrogen and oxygen atoms in total. The molecular weight excluding hydrogens is 240 g/mol. The van der Waals surface area contributed by atoms with E-state index in [0.29, 0.717) is 10.7 Å². The van der Waals surface area contributed by atoms with Gasteiger partial charge < -0.3 is 10.6 Å². The predicted octanol–water partition coefficient (Wildman–Crippen LogP) is 2.11. The van der Waals surface area contributed by atoms with Crippen LogP contribution in [0.1, 0.15) is 19.4 Å². The normalized spacial score (nSPS) is 11.8. The third-order valence-electron chi connectivity index (χ3n) is 2.25. The topological polar surface area (TPSA) is 58.2 Å². The molecule has 2 N–H and O–H groups in total. The fourth-order valence-corrected chi connectivity index (χ4v) is 1.47. The van der Waals surface area contributed by atoms with E-state index in [2.05, 4.69) is 10.6 Å². The second kappa shape index (κ2) is 5.68. The van der Waals surface area contributed by atoms with Gasteiger partial charge in [0.25, 0.3) is 0 Å². The molecule has 5 heteroatoms. The van der Waals surface area contributed by atoms with Gasteiger partial charge in [0.1, 0.15) is 6.04 Å². The number of anilines is 1. The fourth-order valence-electron chi connectivity index (χ4n) is 1.29. The SMILES string of the molecule is CC(=O)NC(C)C(=O)Nc1ccc(C)c(Cl)c1. The molecule has 0 saturated carbocycles. The van der Waals surface area contributed by atoms with E-state index in [1.165, 1.54) is 6.92 Å². The zero-order chi connectivity index (χ0) is 13.0. The summed E-state index contributed by atoms with van der Waals surface area (Å²) in [6.45, 7) is 4.87. The maximum absolute atomic E-state index is 11.7. The van der Waals surface area contributed by atoms with Crippen LogP contribution in [-0.2, 0) is 9.59 Å². The van der Waals surface area contributed by atoms with Crippen molar-refractivity contribution in [3.63, 3.8) is 0 Å². The van der Waals surface area contributed by atoms with Crippen molar-refractivity contribution in [1.29, 1.82) is 0 Å². The first kappa shape index (κ1) is 13.5. The van der Waals surface area contributed by atoms with Gasteiger partial charge in [0, 0.05) is 17.6 Å². The quantitative estimate of drug-likeness (QED) is 0.868. The number of hydrogen-bond donors (Lipinski definition) is 2. The molecule has 92 valence electrons. The highest BCUT2D eigenvalue weighted by atomic mass is 35.5. The Hall–Kier alpha value is -1.55. The van der Waals surface area contributed by atoms with Crippen LogP contribution in [-0.4, -0.2) is 17.9 Å². The Bertz CT molecular complexity index is 446. The summed E-state index contributed by atoms with van der Waals surface area (Å²) in [6, 6.07) is 4.68. The van der Waals surface area contributed by atoms with Crippen molar-refractivity contribution in [2.45, 2.75) is 26.8 Å². The average molecular weight is 255 g/mol. The summed E-state index contributed by atoms with van der Waals surface area (Å²) in [4.78, 5) is 22.5. The van der Waals surface area contributed by atoms with Gasteiger partial charge in [-0.15, -0.1) is 0 Å². The largest absolute Gasteiger partial charge is 0.345 e. The summed E-state index contributed by atoms with van der Waals surface area (Å²) in [5.74, 6) is -0.519. The molecule has 1 aromatic rings. The van der Waals surface area contributed by atoms with Gasteiger partial charge >= 0.3 is 0 Å². The minimum Gasteiger partial charge on any atom is -0.345 e. The van der Waals surface area contributed by atoms with Gasteiger partial charge in [-0.05, 0) is 31.5 Å². The number of hydrogen-bond acceptors (Lipinski definition) is 2. The lowest BCUT2D eigenvalue weighted by Crippen LogP contribution is -2.40. The summed E-state index contributed by atoms with van der Waals surface area (Å²) >= 11 is 5.94. The van der Waals surface area contributed by atoms with Crippen LogP contribution in [0.15, 0.2) is 18.2 Å². The van der Waals surface area contributed by atoms with Gasteiger partial charge in [-0.2, -0.15) is 0 Å². The fraction of sp³-hybridized carbons (Fsp3) is 0.333. The van der Waals surface area contributed by atoms with E-state index in [0.717, 1.165) is 5.56 Å². The van der Waals surface area contributed by atoms with Crippen LogP contribution in [0, 0.1) is 6.92 Å². The van der Waals surface area contributed by atoms with Crippen molar-refractivity contribution in [3.8, 4) is 0 Å². The van der Waals surface area contributed by atoms with Crippen LogP contribution in [0.25, 0.3) is 0 Å². The molecule has 0 aliphatic heterocycles. The molecule has 0 saturated heterocycles. The maximum Gasteiger partial charge on any atom is 0.246 e. The summed E-state index contributed by atoms with van der Waals surface area (Å²) in [5, 5.41) is 5.77. The van der Waals surface area contributed by atoms with Crippen molar-refractivity contribution < 1.29 is 9.59 Å². The van der Waals surface area contributed by atoms with Crippen LogP contribution in [0.5, 0.6) is 0 Å². The second-order valence-corrected chi connectivity index (χ2v) is 4.28. The van der Waals surface area contributed by atoms with Crippen molar-refractivity contribution >= 4 is 29.1 Å². The highest BCUT2D eigenvalue weighted by Gasteiger charge is 2.13. The molecule has 0 aliphatic carbocycles. The molecule has 0 bridgehead atoms. The number of aryl methyl sites for hydroxylation is 1.